The molecule has 1 fully saturated rings. The van der Waals surface area contributed by atoms with Crippen LogP contribution in [-0.4, -0.2) is 42.6 Å². The van der Waals surface area contributed by atoms with E-state index in [2.05, 4.69) is 20.6 Å². The lowest BCUT2D eigenvalue weighted by molar-refractivity contribution is -0.119. The average Bonchev–Trinajstić information content (AvgIpc) is 2.70. The van der Waals surface area contributed by atoms with E-state index in [0.29, 0.717) is 5.95 Å². The highest BCUT2D eigenvalue weighted by molar-refractivity contribution is 5.86. The van der Waals surface area contributed by atoms with Crippen molar-refractivity contribution in [3.05, 3.63) is 11.3 Å². The third kappa shape index (κ3) is 2.37. The molecule has 0 aliphatic carbocycles. The molecule has 1 aliphatic rings. The number of rotatable bonds is 3. The van der Waals surface area contributed by atoms with Gasteiger partial charge < -0.3 is 15.5 Å². The molecule has 0 bridgehead atoms. The summed E-state index contributed by atoms with van der Waals surface area (Å²) in [5, 5.41) is 6.01. The number of nitrogens with zero attached hydrogens (tertiary/aromatic N) is 3. The molecule has 2 heterocycles. The van der Waals surface area contributed by atoms with Crippen LogP contribution in [0.25, 0.3) is 0 Å². The zero-order chi connectivity index (χ0) is 13.3. The van der Waals surface area contributed by atoms with Crippen molar-refractivity contribution >= 4 is 17.7 Å². The Morgan fingerprint density at radius 2 is 2.06 bits per heavy atom. The predicted octanol–water partition coefficient (Wildman–Crippen LogP) is 0.460. The third-order valence-corrected chi connectivity index (χ3v) is 3.14. The summed E-state index contributed by atoms with van der Waals surface area (Å²) in [7, 11) is 3.80. The van der Waals surface area contributed by atoms with Gasteiger partial charge in [0.05, 0.1) is 0 Å². The maximum atomic E-state index is 11.6. The lowest BCUT2D eigenvalue weighted by atomic mass is 10.2. The molecular formula is C12H19N5O. The van der Waals surface area contributed by atoms with Crippen LogP contribution in [0.3, 0.4) is 0 Å². The molecule has 18 heavy (non-hydrogen) atoms. The molecule has 0 spiro atoms. The molecule has 6 nitrogen and oxygen atoms in total. The van der Waals surface area contributed by atoms with Gasteiger partial charge in [-0.1, -0.05) is 0 Å². The topological polar surface area (TPSA) is 70.2 Å². The summed E-state index contributed by atoms with van der Waals surface area (Å²) < 4.78 is 0. The van der Waals surface area contributed by atoms with Gasteiger partial charge in [0.1, 0.15) is 11.9 Å². The summed E-state index contributed by atoms with van der Waals surface area (Å²) in [4.78, 5) is 22.3. The highest BCUT2D eigenvalue weighted by Gasteiger charge is 2.25. The molecule has 0 aromatic carbocycles. The Bertz CT molecular complexity index is 472. The van der Waals surface area contributed by atoms with Crippen molar-refractivity contribution in [3.8, 4) is 0 Å². The van der Waals surface area contributed by atoms with Gasteiger partial charge in [0, 0.05) is 31.9 Å². The summed E-state index contributed by atoms with van der Waals surface area (Å²) in [6, 6.07) is -0.187. The van der Waals surface area contributed by atoms with Gasteiger partial charge in [-0.25, -0.2) is 4.98 Å². The van der Waals surface area contributed by atoms with Crippen LogP contribution in [0.2, 0.25) is 0 Å². The van der Waals surface area contributed by atoms with Crippen molar-refractivity contribution in [2.75, 3.05) is 30.9 Å². The van der Waals surface area contributed by atoms with Gasteiger partial charge in [0.25, 0.3) is 0 Å². The first-order chi connectivity index (χ1) is 8.49. The van der Waals surface area contributed by atoms with Gasteiger partial charge in [-0.2, -0.15) is 4.98 Å². The fraction of sp³-hybridized carbons (Fsp3) is 0.583. The van der Waals surface area contributed by atoms with Gasteiger partial charge in [0.15, 0.2) is 0 Å². The SMILES string of the molecule is Cc1nc(N(C)C)nc(N[C@@H]2CCNC2=O)c1C. The minimum atomic E-state index is -0.187. The monoisotopic (exact) mass is 249 g/mol. The zero-order valence-electron chi connectivity index (χ0n) is 11.2. The molecule has 98 valence electrons. The highest BCUT2D eigenvalue weighted by Crippen LogP contribution is 2.20. The molecule has 1 amide bonds. The lowest BCUT2D eigenvalue weighted by Crippen LogP contribution is -2.30. The van der Waals surface area contributed by atoms with E-state index in [1.54, 1.807) is 0 Å². The summed E-state index contributed by atoms with van der Waals surface area (Å²) in [6.07, 6.45) is 0.790. The van der Waals surface area contributed by atoms with E-state index in [1.165, 1.54) is 0 Å². The van der Waals surface area contributed by atoms with E-state index in [9.17, 15) is 4.79 Å². The molecule has 1 saturated heterocycles. The summed E-state index contributed by atoms with van der Waals surface area (Å²) >= 11 is 0. The van der Waals surface area contributed by atoms with Crippen molar-refractivity contribution in [1.29, 1.82) is 0 Å². The van der Waals surface area contributed by atoms with Crippen LogP contribution in [0.5, 0.6) is 0 Å². The van der Waals surface area contributed by atoms with Crippen LogP contribution >= 0.6 is 0 Å². The van der Waals surface area contributed by atoms with Crippen molar-refractivity contribution in [1.82, 2.24) is 15.3 Å². The van der Waals surface area contributed by atoms with Crippen molar-refractivity contribution < 1.29 is 4.79 Å². The number of hydrogen-bond donors (Lipinski definition) is 2. The first-order valence-corrected chi connectivity index (χ1v) is 6.06. The number of anilines is 2. The number of amides is 1. The minimum Gasteiger partial charge on any atom is -0.358 e. The van der Waals surface area contributed by atoms with Gasteiger partial charge in [-0.3, -0.25) is 4.79 Å². The Labute approximate surface area is 107 Å². The quantitative estimate of drug-likeness (QED) is 0.814. The molecule has 0 unspecified atom stereocenters. The van der Waals surface area contributed by atoms with Gasteiger partial charge in [-0.15, -0.1) is 0 Å². The van der Waals surface area contributed by atoms with Gasteiger partial charge >= 0.3 is 0 Å². The maximum Gasteiger partial charge on any atom is 0.242 e. The summed E-state index contributed by atoms with van der Waals surface area (Å²) in [5.74, 6) is 1.43. The van der Waals surface area contributed by atoms with Crippen LogP contribution in [0.15, 0.2) is 0 Å². The number of hydrogen-bond acceptors (Lipinski definition) is 5. The van der Waals surface area contributed by atoms with E-state index in [1.807, 2.05) is 32.8 Å². The van der Waals surface area contributed by atoms with Crippen LogP contribution in [0, 0.1) is 13.8 Å². The molecule has 1 aliphatic heterocycles. The second kappa shape index (κ2) is 4.80. The molecule has 1 atom stereocenters. The number of nitrogens with one attached hydrogen (secondary N) is 2. The van der Waals surface area contributed by atoms with Crippen LogP contribution < -0.4 is 15.5 Å². The van der Waals surface area contributed by atoms with E-state index < -0.39 is 0 Å². The van der Waals surface area contributed by atoms with E-state index in [-0.39, 0.29) is 11.9 Å². The van der Waals surface area contributed by atoms with Crippen LogP contribution in [0.1, 0.15) is 17.7 Å². The molecule has 1 aromatic rings. The predicted molar refractivity (Wildman–Crippen MR) is 70.9 cm³/mol. The first-order valence-electron chi connectivity index (χ1n) is 6.06. The normalized spacial score (nSPS) is 18.7. The smallest absolute Gasteiger partial charge is 0.242 e. The molecule has 2 N–H and O–H groups in total. The molecule has 1 aromatic heterocycles. The molecule has 2 rings (SSSR count). The minimum absolute atomic E-state index is 0.0390. The second-order valence-electron chi connectivity index (χ2n) is 4.75. The van der Waals surface area contributed by atoms with Gasteiger partial charge in [-0.05, 0) is 20.3 Å². The number of aryl methyl sites for hydroxylation is 1. The standard InChI is InChI=1S/C12H19N5O/c1-7-8(2)14-12(17(3)4)16-10(7)15-9-5-6-13-11(9)18/h9H,5-6H2,1-4H3,(H,13,18)(H,14,15,16)/t9-/m1/s1. The average molecular weight is 249 g/mol. The van der Waals surface area contributed by atoms with Gasteiger partial charge in [0.2, 0.25) is 11.9 Å². The van der Waals surface area contributed by atoms with Crippen molar-refractivity contribution in [3.63, 3.8) is 0 Å². The Kier molecular flexibility index (Phi) is 3.36. The van der Waals surface area contributed by atoms with E-state index in [0.717, 1.165) is 30.0 Å². The largest absolute Gasteiger partial charge is 0.358 e. The Balaban J connectivity index is 2.28. The summed E-state index contributed by atoms with van der Waals surface area (Å²) in [6.45, 7) is 4.63. The molecule has 0 saturated carbocycles. The number of aromatic nitrogens is 2. The van der Waals surface area contributed by atoms with E-state index >= 15 is 0 Å². The second-order valence-corrected chi connectivity index (χ2v) is 4.75. The molecule has 6 heteroatoms. The Morgan fingerprint density at radius 3 is 2.61 bits per heavy atom. The van der Waals surface area contributed by atoms with Crippen LogP contribution in [-0.2, 0) is 4.79 Å². The lowest BCUT2D eigenvalue weighted by Gasteiger charge is -2.17. The Morgan fingerprint density at radius 1 is 1.33 bits per heavy atom. The summed E-state index contributed by atoms with van der Waals surface area (Å²) in [5.41, 5.74) is 1.91. The highest BCUT2D eigenvalue weighted by atomic mass is 16.2. The number of carbonyl (C=O) groups excluding carboxylic acids is 1. The van der Waals surface area contributed by atoms with Crippen molar-refractivity contribution in [2.45, 2.75) is 26.3 Å². The molecular weight excluding hydrogens is 230 g/mol. The molecule has 0 radical (unpaired) electrons. The Hall–Kier alpha value is -1.85. The first kappa shape index (κ1) is 12.6. The maximum absolute atomic E-state index is 11.6. The van der Waals surface area contributed by atoms with Crippen LogP contribution in [0.4, 0.5) is 11.8 Å². The van der Waals surface area contributed by atoms with E-state index in [4.69, 9.17) is 0 Å². The van der Waals surface area contributed by atoms with Crippen molar-refractivity contribution in [2.24, 2.45) is 0 Å². The zero-order valence-corrected chi connectivity index (χ0v) is 11.2. The fourth-order valence-corrected chi connectivity index (χ4v) is 1.85. The third-order valence-electron chi connectivity index (χ3n) is 3.14. The number of carbonyl (C=O) groups is 1. The fourth-order valence-electron chi connectivity index (χ4n) is 1.85.